The Morgan fingerprint density at radius 2 is 1.86 bits per heavy atom. The number of hydrogen-bond acceptors (Lipinski definition) is 5. The summed E-state index contributed by atoms with van der Waals surface area (Å²) in [5.74, 6) is 0.915. The molecule has 2 heterocycles. The summed E-state index contributed by atoms with van der Waals surface area (Å²) in [4.78, 5) is 16.9. The van der Waals surface area contributed by atoms with E-state index in [-0.39, 0.29) is 5.91 Å². The SMILES string of the molecule is CC(C)N1CCN(C(=O)CCc2ccc3c(c2)CN(S(C)(=O)=O)CCO3)CC1. The smallest absolute Gasteiger partial charge is 0.222 e. The molecule has 28 heavy (non-hydrogen) atoms. The van der Waals surface area contributed by atoms with Crippen LogP contribution < -0.4 is 4.74 Å². The first-order chi connectivity index (χ1) is 13.2. The fourth-order valence-corrected chi connectivity index (χ4v) is 4.54. The molecule has 8 heteroatoms. The number of hydrogen-bond donors (Lipinski definition) is 0. The quantitative estimate of drug-likeness (QED) is 0.734. The second-order valence-electron chi connectivity index (χ2n) is 7.90. The summed E-state index contributed by atoms with van der Waals surface area (Å²) in [7, 11) is -3.27. The monoisotopic (exact) mass is 409 g/mol. The molecular weight excluding hydrogens is 378 g/mol. The zero-order valence-corrected chi connectivity index (χ0v) is 17.9. The number of amides is 1. The van der Waals surface area contributed by atoms with E-state index in [4.69, 9.17) is 4.74 Å². The highest BCUT2D eigenvalue weighted by molar-refractivity contribution is 7.88. The van der Waals surface area contributed by atoms with Gasteiger partial charge in [-0.3, -0.25) is 9.69 Å². The number of aryl methyl sites for hydroxylation is 1. The van der Waals surface area contributed by atoms with E-state index in [1.54, 1.807) is 0 Å². The molecule has 2 aliphatic rings. The molecule has 156 valence electrons. The second-order valence-corrected chi connectivity index (χ2v) is 9.88. The Balaban J connectivity index is 1.59. The zero-order valence-electron chi connectivity index (χ0n) is 17.1. The number of nitrogens with zero attached hydrogens (tertiary/aromatic N) is 3. The molecule has 0 spiro atoms. The van der Waals surface area contributed by atoms with E-state index in [0.29, 0.717) is 38.6 Å². The van der Waals surface area contributed by atoms with Gasteiger partial charge < -0.3 is 9.64 Å². The number of rotatable bonds is 5. The predicted molar refractivity (Wildman–Crippen MR) is 109 cm³/mol. The van der Waals surface area contributed by atoms with Crippen molar-refractivity contribution >= 4 is 15.9 Å². The van der Waals surface area contributed by atoms with Crippen LogP contribution in [-0.2, 0) is 27.8 Å². The molecular formula is C20H31N3O4S. The van der Waals surface area contributed by atoms with E-state index in [1.165, 1.54) is 10.6 Å². The molecule has 1 aromatic carbocycles. The minimum Gasteiger partial charge on any atom is -0.492 e. The fourth-order valence-electron chi connectivity index (χ4n) is 3.76. The highest BCUT2D eigenvalue weighted by Gasteiger charge is 2.24. The van der Waals surface area contributed by atoms with Crippen molar-refractivity contribution in [3.63, 3.8) is 0 Å². The van der Waals surface area contributed by atoms with Crippen LogP contribution >= 0.6 is 0 Å². The standard InChI is InChI=1S/C20H31N3O4S/c1-16(2)21-8-10-22(11-9-21)20(24)7-5-17-4-6-19-18(14-17)15-23(12-13-27-19)28(3,25)26/h4,6,14,16H,5,7-13,15H2,1-3H3. The fraction of sp³-hybridized carbons (Fsp3) is 0.650. The highest BCUT2D eigenvalue weighted by atomic mass is 32.2. The normalized spacial score (nSPS) is 19.2. The molecule has 2 aliphatic heterocycles. The van der Waals surface area contributed by atoms with E-state index in [9.17, 15) is 13.2 Å². The third-order valence-corrected chi connectivity index (χ3v) is 6.81. The van der Waals surface area contributed by atoms with Gasteiger partial charge in [-0.15, -0.1) is 0 Å². The molecule has 1 fully saturated rings. The highest BCUT2D eigenvalue weighted by Crippen LogP contribution is 2.26. The van der Waals surface area contributed by atoms with Crippen LogP contribution in [0.5, 0.6) is 5.75 Å². The maximum absolute atomic E-state index is 12.6. The van der Waals surface area contributed by atoms with E-state index in [2.05, 4.69) is 18.7 Å². The summed E-state index contributed by atoms with van der Waals surface area (Å²) in [5, 5.41) is 0. The average molecular weight is 410 g/mol. The number of piperazine rings is 1. The lowest BCUT2D eigenvalue weighted by Crippen LogP contribution is -2.50. The molecule has 0 radical (unpaired) electrons. The zero-order chi connectivity index (χ0) is 20.3. The molecule has 0 bridgehead atoms. The molecule has 0 saturated carbocycles. The Bertz CT molecular complexity index is 802. The number of carbonyl (C=O) groups excluding carboxylic acids is 1. The first kappa shape index (κ1) is 21.1. The number of benzene rings is 1. The Hall–Kier alpha value is -1.64. The van der Waals surface area contributed by atoms with E-state index < -0.39 is 10.0 Å². The van der Waals surface area contributed by atoms with Gasteiger partial charge in [0.25, 0.3) is 0 Å². The number of sulfonamides is 1. The van der Waals surface area contributed by atoms with Gasteiger partial charge in [0.15, 0.2) is 0 Å². The van der Waals surface area contributed by atoms with Crippen molar-refractivity contribution in [3.05, 3.63) is 29.3 Å². The lowest BCUT2D eigenvalue weighted by Gasteiger charge is -2.37. The van der Waals surface area contributed by atoms with Crippen molar-refractivity contribution in [2.75, 3.05) is 45.6 Å². The summed E-state index contributed by atoms with van der Waals surface area (Å²) in [6.45, 7) is 8.82. The van der Waals surface area contributed by atoms with Crippen molar-refractivity contribution in [3.8, 4) is 5.75 Å². The van der Waals surface area contributed by atoms with E-state index in [1.807, 2.05) is 23.1 Å². The van der Waals surface area contributed by atoms with Gasteiger partial charge in [0.05, 0.1) is 6.26 Å². The number of carbonyl (C=O) groups is 1. The van der Waals surface area contributed by atoms with Gasteiger partial charge in [-0.2, -0.15) is 4.31 Å². The number of ether oxygens (including phenoxy) is 1. The molecule has 0 unspecified atom stereocenters. The van der Waals surface area contributed by atoms with Gasteiger partial charge in [0.1, 0.15) is 12.4 Å². The third-order valence-electron chi connectivity index (χ3n) is 5.56. The second kappa shape index (κ2) is 8.80. The molecule has 1 amide bonds. The van der Waals surface area contributed by atoms with Crippen LogP contribution in [0.2, 0.25) is 0 Å². The van der Waals surface area contributed by atoms with Gasteiger partial charge in [-0.05, 0) is 31.9 Å². The summed E-state index contributed by atoms with van der Waals surface area (Å²) in [5.41, 5.74) is 1.89. The van der Waals surface area contributed by atoms with E-state index in [0.717, 1.165) is 43.1 Å². The molecule has 0 aromatic heterocycles. The van der Waals surface area contributed by atoms with Crippen LogP contribution in [0.4, 0.5) is 0 Å². The van der Waals surface area contributed by atoms with Crippen LogP contribution in [0.15, 0.2) is 18.2 Å². The van der Waals surface area contributed by atoms with Crippen LogP contribution in [0.1, 0.15) is 31.4 Å². The summed E-state index contributed by atoms with van der Waals surface area (Å²) in [6, 6.07) is 6.36. The molecule has 1 aromatic rings. The van der Waals surface area contributed by atoms with Crippen LogP contribution in [0.25, 0.3) is 0 Å². The average Bonchev–Trinajstić information content (AvgIpc) is 2.88. The maximum Gasteiger partial charge on any atom is 0.222 e. The molecule has 0 aliphatic carbocycles. The first-order valence-electron chi connectivity index (χ1n) is 9.95. The molecule has 0 N–H and O–H groups in total. The van der Waals surface area contributed by atoms with E-state index >= 15 is 0 Å². The van der Waals surface area contributed by atoms with Gasteiger partial charge in [-0.1, -0.05) is 12.1 Å². The van der Waals surface area contributed by atoms with Crippen LogP contribution in [0.3, 0.4) is 0 Å². The Morgan fingerprint density at radius 1 is 1.14 bits per heavy atom. The lowest BCUT2D eigenvalue weighted by molar-refractivity contribution is -0.133. The molecule has 3 rings (SSSR count). The van der Waals surface area contributed by atoms with Gasteiger partial charge >= 0.3 is 0 Å². The Morgan fingerprint density at radius 3 is 2.50 bits per heavy atom. The Kier molecular flexibility index (Phi) is 6.62. The third kappa shape index (κ3) is 5.24. The summed E-state index contributed by atoms with van der Waals surface area (Å²) < 4.78 is 30.9. The molecule has 0 atom stereocenters. The topological polar surface area (TPSA) is 70.2 Å². The van der Waals surface area contributed by atoms with Crippen molar-refractivity contribution in [2.45, 2.75) is 39.3 Å². The molecule has 7 nitrogen and oxygen atoms in total. The lowest BCUT2D eigenvalue weighted by atomic mass is 10.0. The largest absolute Gasteiger partial charge is 0.492 e. The van der Waals surface area contributed by atoms with Crippen LogP contribution in [-0.4, -0.2) is 80.1 Å². The van der Waals surface area contributed by atoms with Crippen molar-refractivity contribution in [2.24, 2.45) is 0 Å². The van der Waals surface area contributed by atoms with Gasteiger partial charge in [0, 0.05) is 57.3 Å². The van der Waals surface area contributed by atoms with Crippen LogP contribution in [0, 0.1) is 0 Å². The minimum atomic E-state index is -3.27. The van der Waals surface area contributed by atoms with Gasteiger partial charge in [0.2, 0.25) is 15.9 Å². The summed E-state index contributed by atoms with van der Waals surface area (Å²) >= 11 is 0. The summed E-state index contributed by atoms with van der Waals surface area (Å²) in [6.07, 6.45) is 2.34. The van der Waals surface area contributed by atoms with Crippen molar-refractivity contribution in [1.82, 2.24) is 14.1 Å². The minimum absolute atomic E-state index is 0.187. The molecule has 1 saturated heterocycles. The Labute approximate surface area is 168 Å². The van der Waals surface area contributed by atoms with Crippen molar-refractivity contribution in [1.29, 1.82) is 0 Å². The predicted octanol–water partition coefficient (Wildman–Crippen LogP) is 1.33. The number of fused-ring (bicyclic) bond motifs is 1. The maximum atomic E-state index is 12.6. The first-order valence-corrected chi connectivity index (χ1v) is 11.8. The van der Waals surface area contributed by atoms with Crippen molar-refractivity contribution < 1.29 is 17.9 Å². The van der Waals surface area contributed by atoms with Gasteiger partial charge in [-0.25, -0.2) is 8.42 Å².